The molecule has 2 aromatic rings. The Morgan fingerprint density at radius 1 is 1.15 bits per heavy atom. The average molecular weight is 393 g/mol. The molecule has 148 valence electrons. The summed E-state index contributed by atoms with van der Waals surface area (Å²) in [5.74, 6) is 1.54. The molecule has 1 saturated heterocycles. The van der Waals surface area contributed by atoms with Gasteiger partial charge in [0.1, 0.15) is 11.5 Å². The Morgan fingerprint density at radius 3 is 2.67 bits per heavy atom. The number of aromatic nitrogens is 1. The molecule has 0 bridgehead atoms. The van der Waals surface area contributed by atoms with Crippen LogP contribution in [-0.4, -0.2) is 62.1 Å². The quantitative estimate of drug-likeness (QED) is 0.750. The van der Waals surface area contributed by atoms with E-state index in [4.69, 9.17) is 4.42 Å². The van der Waals surface area contributed by atoms with Crippen LogP contribution in [0.5, 0.6) is 0 Å². The number of nitrogens with zero attached hydrogens (tertiary/aromatic N) is 4. The summed E-state index contributed by atoms with van der Waals surface area (Å²) in [6.07, 6.45) is 6.05. The van der Waals surface area contributed by atoms with E-state index in [1.165, 1.54) is 21.8 Å². The van der Waals surface area contributed by atoms with Crippen LogP contribution in [0.25, 0.3) is 0 Å². The van der Waals surface area contributed by atoms with Gasteiger partial charge in [0, 0.05) is 51.3 Å². The summed E-state index contributed by atoms with van der Waals surface area (Å²) in [6.45, 7) is 7.07. The van der Waals surface area contributed by atoms with Crippen molar-refractivity contribution in [1.82, 2.24) is 14.2 Å². The molecule has 8 heteroatoms. The van der Waals surface area contributed by atoms with Crippen molar-refractivity contribution in [1.29, 1.82) is 0 Å². The predicted octanol–water partition coefficient (Wildman–Crippen LogP) is 2.09. The van der Waals surface area contributed by atoms with Crippen molar-refractivity contribution >= 4 is 15.7 Å². The lowest BCUT2D eigenvalue weighted by Crippen LogP contribution is -2.30. The third kappa shape index (κ3) is 5.31. The second-order valence-electron chi connectivity index (χ2n) is 7.17. The topological polar surface area (TPSA) is 69.9 Å². The SMILES string of the molecule is Cc1cnccc1N1CCCN(Cc2ccc(CN(C)S(C)(=O)=O)o2)CC1. The summed E-state index contributed by atoms with van der Waals surface area (Å²) in [6, 6.07) is 5.89. The van der Waals surface area contributed by atoms with Crippen LogP contribution in [-0.2, 0) is 23.1 Å². The van der Waals surface area contributed by atoms with Crippen molar-refractivity contribution in [2.75, 3.05) is 44.4 Å². The second-order valence-corrected chi connectivity index (χ2v) is 9.26. The van der Waals surface area contributed by atoms with E-state index >= 15 is 0 Å². The van der Waals surface area contributed by atoms with Crippen LogP contribution >= 0.6 is 0 Å². The van der Waals surface area contributed by atoms with Crippen LogP contribution in [0, 0.1) is 6.92 Å². The lowest BCUT2D eigenvalue weighted by atomic mass is 10.2. The lowest BCUT2D eigenvalue weighted by Gasteiger charge is -2.24. The first-order valence-electron chi connectivity index (χ1n) is 9.20. The smallest absolute Gasteiger partial charge is 0.211 e. The van der Waals surface area contributed by atoms with Crippen LogP contribution in [0.2, 0.25) is 0 Å². The molecule has 7 nitrogen and oxygen atoms in total. The normalized spacial score (nSPS) is 16.7. The average Bonchev–Trinajstić information content (AvgIpc) is 2.91. The van der Waals surface area contributed by atoms with Gasteiger partial charge in [-0.15, -0.1) is 0 Å². The number of sulfonamides is 1. The molecule has 0 spiro atoms. The van der Waals surface area contributed by atoms with E-state index < -0.39 is 10.0 Å². The molecule has 0 N–H and O–H groups in total. The summed E-state index contributed by atoms with van der Waals surface area (Å²) in [5, 5.41) is 0. The molecular formula is C19H28N4O3S. The summed E-state index contributed by atoms with van der Waals surface area (Å²) >= 11 is 0. The first-order valence-corrected chi connectivity index (χ1v) is 11.0. The number of hydrogen-bond acceptors (Lipinski definition) is 6. The van der Waals surface area contributed by atoms with Crippen molar-refractivity contribution in [2.45, 2.75) is 26.4 Å². The molecule has 1 aliphatic rings. The van der Waals surface area contributed by atoms with Crippen LogP contribution in [0.3, 0.4) is 0 Å². The zero-order chi connectivity index (χ0) is 19.4. The van der Waals surface area contributed by atoms with Gasteiger partial charge in [0.15, 0.2) is 0 Å². The van der Waals surface area contributed by atoms with E-state index in [2.05, 4.69) is 27.8 Å². The maximum Gasteiger partial charge on any atom is 0.211 e. The van der Waals surface area contributed by atoms with Gasteiger partial charge in [-0.2, -0.15) is 4.31 Å². The zero-order valence-corrected chi connectivity index (χ0v) is 17.1. The number of hydrogen-bond donors (Lipinski definition) is 0. The molecule has 0 saturated carbocycles. The van der Waals surface area contributed by atoms with Crippen molar-refractivity contribution in [2.24, 2.45) is 0 Å². The molecule has 0 radical (unpaired) electrons. The first kappa shape index (κ1) is 19.9. The Morgan fingerprint density at radius 2 is 1.93 bits per heavy atom. The largest absolute Gasteiger partial charge is 0.463 e. The van der Waals surface area contributed by atoms with Gasteiger partial charge in [-0.25, -0.2) is 8.42 Å². The third-order valence-electron chi connectivity index (χ3n) is 4.96. The molecule has 0 aliphatic carbocycles. The van der Waals surface area contributed by atoms with Gasteiger partial charge >= 0.3 is 0 Å². The Balaban J connectivity index is 1.57. The molecule has 3 rings (SSSR count). The molecule has 2 aromatic heterocycles. The van der Waals surface area contributed by atoms with Gasteiger partial charge < -0.3 is 9.32 Å². The highest BCUT2D eigenvalue weighted by Crippen LogP contribution is 2.21. The molecule has 3 heterocycles. The van der Waals surface area contributed by atoms with Gasteiger partial charge in [-0.1, -0.05) is 0 Å². The summed E-state index contributed by atoms with van der Waals surface area (Å²) < 4.78 is 30.2. The summed E-state index contributed by atoms with van der Waals surface area (Å²) in [5.41, 5.74) is 2.47. The highest BCUT2D eigenvalue weighted by atomic mass is 32.2. The zero-order valence-electron chi connectivity index (χ0n) is 16.3. The van der Waals surface area contributed by atoms with Gasteiger partial charge in [0.25, 0.3) is 0 Å². The standard InChI is InChI=1S/C19H28N4O3S/c1-16-13-20-8-7-19(16)23-10-4-9-22(11-12-23)15-18-6-5-17(26-18)14-21(2)27(3,24)25/h5-8,13H,4,9-12,14-15H2,1-3H3. The fourth-order valence-electron chi connectivity index (χ4n) is 3.34. The highest BCUT2D eigenvalue weighted by molar-refractivity contribution is 7.88. The van der Waals surface area contributed by atoms with Crippen LogP contribution in [0.4, 0.5) is 5.69 Å². The second kappa shape index (κ2) is 8.41. The first-order chi connectivity index (χ1) is 12.8. The van der Waals surface area contributed by atoms with Crippen LogP contribution < -0.4 is 4.90 Å². The Labute approximate surface area is 161 Å². The van der Waals surface area contributed by atoms with Crippen molar-refractivity contribution in [3.05, 3.63) is 47.7 Å². The molecule has 0 atom stereocenters. The molecule has 1 fully saturated rings. The molecule has 0 unspecified atom stereocenters. The maximum absolute atomic E-state index is 11.5. The highest BCUT2D eigenvalue weighted by Gasteiger charge is 2.18. The van der Waals surface area contributed by atoms with Gasteiger partial charge in [0.2, 0.25) is 10.0 Å². The number of anilines is 1. The molecule has 27 heavy (non-hydrogen) atoms. The minimum absolute atomic E-state index is 0.258. The Bertz CT molecular complexity index is 865. The van der Waals surface area contributed by atoms with Gasteiger partial charge in [0.05, 0.1) is 19.3 Å². The number of aryl methyl sites for hydroxylation is 1. The predicted molar refractivity (Wildman–Crippen MR) is 106 cm³/mol. The maximum atomic E-state index is 11.5. The summed E-state index contributed by atoms with van der Waals surface area (Å²) in [4.78, 5) is 8.99. The molecule has 1 aliphatic heterocycles. The van der Waals surface area contributed by atoms with E-state index in [1.807, 2.05) is 24.5 Å². The van der Waals surface area contributed by atoms with E-state index in [0.29, 0.717) is 5.76 Å². The fraction of sp³-hybridized carbons (Fsp3) is 0.526. The molecular weight excluding hydrogens is 364 g/mol. The number of furan rings is 1. The number of pyridine rings is 1. The van der Waals surface area contributed by atoms with Crippen LogP contribution in [0.1, 0.15) is 23.5 Å². The molecule has 0 aromatic carbocycles. The van der Waals surface area contributed by atoms with E-state index in [0.717, 1.165) is 44.9 Å². The van der Waals surface area contributed by atoms with Crippen molar-refractivity contribution in [3.63, 3.8) is 0 Å². The Hall–Kier alpha value is -1.90. The fourth-order valence-corrected chi connectivity index (χ4v) is 3.70. The molecule has 0 amide bonds. The van der Waals surface area contributed by atoms with Gasteiger partial charge in [-0.3, -0.25) is 9.88 Å². The van der Waals surface area contributed by atoms with E-state index in [1.54, 1.807) is 7.05 Å². The van der Waals surface area contributed by atoms with E-state index in [9.17, 15) is 8.42 Å². The van der Waals surface area contributed by atoms with Crippen molar-refractivity contribution < 1.29 is 12.8 Å². The third-order valence-corrected chi connectivity index (χ3v) is 6.22. The lowest BCUT2D eigenvalue weighted by molar-refractivity contribution is 0.255. The monoisotopic (exact) mass is 392 g/mol. The van der Waals surface area contributed by atoms with Crippen LogP contribution in [0.15, 0.2) is 35.0 Å². The van der Waals surface area contributed by atoms with E-state index in [-0.39, 0.29) is 6.54 Å². The number of rotatable bonds is 6. The summed E-state index contributed by atoms with van der Waals surface area (Å²) in [7, 11) is -1.65. The van der Waals surface area contributed by atoms with Crippen molar-refractivity contribution in [3.8, 4) is 0 Å². The minimum Gasteiger partial charge on any atom is -0.463 e. The minimum atomic E-state index is -3.21. The van der Waals surface area contributed by atoms with Gasteiger partial charge in [-0.05, 0) is 37.1 Å². The Kier molecular flexibility index (Phi) is 6.18.